The van der Waals surface area contributed by atoms with Crippen LogP contribution in [0.1, 0.15) is 19.4 Å². The fraction of sp³-hybridized carbons (Fsp3) is 0.263. The summed E-state index contributed by atoms with van der Waals surface area (Å²) in [7, 11) is 0. The molecule has 3 amide bonds. The molecular formula is C19H22BrN3O3. The number of hydrogen-bond acceptors (Lipinski definition) is 3. The Morgan fingerprint density at radius 3 is 2.31 bits per heavy atom. The van der Waals surface area contributed by atoms with Gasteiger partial charge >= 0.3 is 6.03 Å². The number of nitrogens with one attached hydrogen (secondary N) is 3. The summed E-state index contributed by atoms with van der Waals surface area (Å²) in [6.45, 7) is 4.30. The monoisotopic (exact) mass is 419 g/mol. The summed E-state index contributed by atoms with van der Waals surface area (Å²) >= 11 is 3.32. The number of amides is 3. The average Bonchev–Trinajstić information content (AvgIpc) is 2.65. The van der Waals surface area contributed by atoms with Crippen LogP contribution in [-0.4, -0.2) is 25.1 Å². The molecule has 2 aromatic carbocycles. The molecule has 0 saturated heterocycles. The standard InChI is InChI=1S/C19H22BrN3O3/c1-19(2,14-6-4-3-5-7-14)13-21-18(25)23-22-17(24)12-26-16-10-8-15(20)9-11-16/h3-11H,12-13H2,1-2H3,(H,22,24)(H2,21,23,25). The van der Waals surface area contributed by atoms with Gasteiger partial charge in [-0.25, -0.2) is 10.2 Å². The zero-order valence-corrected chi connectivity index (χ0v) is 16.3. The molecule has 2 rings (SSSR count). The van der Waals surface area contributed by atoms with Crippen LogP contribution in [-0.2, 0) is 10.2 Å². The molecule has 26 heavy (non-hydrogen) atoms. The van der Waals surface area contributed by atoms with E-state index in [1.54, 1.807) is 12.1 Å². The fourth-order valence-corrected chi connectivity index (χ4v) is 2.44. The number of ether oxygens (including phenoxy) is 1. The van der Waals surface area contributed by atoms with Crippen molar-refractivity contribution in [3.63, 3.8) is 0 Å². The van der Waals surface area contributed by atoms with Crippen LogP contribution >= 0.6 is 15.9 Å². The minimum atomic E-state index is -0.481. The first-order chi connectivity index (χ1) is 12.4. The predicted molar refractivity (Wildman–Crippen MR) is 104 cm³/mol. The maximum Gasteiger partial charge on any atom is 0.333 e. The van der Waals surface area contributed by atoms with E-state index in [9.17, 15) is 9.59 Å². The molecule has 3 N–H and O–H groups in total. The van der Waals surface area contributed by atoms with Gasteiger partial charge in [-0.1, -0.05) is 60.1 Å². The van der Waals surface area contributed by atoms with Crippen molar-refractivity contribution in [3.05, 3.63) is 64.6 Å². The lowest BCUT2D eigenvalue weighted by atomic mass is 9.85. The highest BCUT2D eigenvalue weighted by Crippen LogP contribution is 2.21. The molecule has 0 radical (unpaired) electrons. The molecule has 0 unspecified atom stereocenters. The van der Waals surface area contributed by atoms with Crippen molar-refractivity contribution in [1.29, 1.82) is 0 Å². The van der Waals surface area contributed by atoms with Crippen molar-refractivity contribution < 1.29 is 14.3 Å². The first-order valence-corrected chi connectivity index (χ1v) is 8.93. The highest BCUT2D eigenvalue weighted by Gasteiger charge is 2.21. The summed E-state index contributed by atoms with van der Waals surface area (Å²) in [5.74, 6) is 0.114. The Hall–Kier alpha value is -2.54. The lowest BCUT2D eigenvalue weighted by molar-refractivity contribution is -0.123. The Kier molecular flexibility index (Phi) is 7.03. The minimum Gasteiger partial charge on any atom is -0.484 e. The molecular weight excluding hydrogens is 398 g/mol. The molecule has 0 saturated carbocycles. The molecule has 138 valence electrons. The largest absolute Gasteiger partial charge is 0.484 e. The zero-order chi connectivity index (χ0) is 19.0. The van der Waals surface area contributed by atoms with Crippen LogP contribution in [0.5, 0.6) is 5.75 Å². The Morgan fingerprint density at radius 2 is 1.65 bits per heavy atom. The molecule has 0 aliphatic carbocycles. The van der Waals surface area contributed by atoms with Crippen LogP contribution in [0.25, 0.3) is 0 Å². The fourth-order valence-electron chi connectivity index (χ4n) is 2.18. The minimum absolute atomic E-state index is 0.197. The van der Waals surface area contributed by atoms with Gasteiger partial charge < -0.3 is 10.1 Å². The Labute approximate surface area is 161 Å². The van der Waals surface area contributed by atoms with E-state index in [0.717, 1.165) is 10.0 Å². The average molecular weight is 420 g/mol. The van der Waals surface area contributed by atoms with E-state index in [-0.39, 0.29) is 12.0 Å². The van der Waals surface area contributed by atoms with Gasteiger partial charge in [-0.05, 0) is 29.8 Å². The van der Waals surface area contributed by atoms with Gasteiger partial charge in [-0.15, -0.1) is 0 Å². The van der Waals surface area contributed by atoms with Gasteiger partial charge in [0.2, 0.25) is 0 Å². The van der Waals surface area contributed by atoms with Gasteiger partial charge in [0.15, 0.2) is 6.61 Å². The number of hydrazine groups is 1. The quantitative estimate of drug-likeness (QED) is 0.629. The van der Waals surface area contributed by atoms with Gasteiger partial charge in [0.05, 0.1) is 0 Å². The molecule has 0 bridgehead atoms. The van der Waals surface area contributed by atoms with Gasteiger partial charge in [-0.2, -0.15) is 0 Å². The topological polar surface area (TPSA) is 79.5 Å². The zero-order valence-electron chi connectivity index (χ0n) is 14.7. The number of halogens is 1. The first kappa shape index (κ1) is 19.8. The third kappa shape index (κ3) is 6.40. The Morgan fingerprint density at radius 1 is 1.00 bits per heavy atom. The van der Waals surface area contributed by atoms with Crippen LogP contribution in [0.3, 0.4) is 0 Å². The van der Waals surface area contributed by atoms with Crippen molar-refractivity contribution in [2.45, 2.75) is 19.3 Å². The highest BCUT2D eigenvalue weighted by atomic mass is 79.9. The number of carbonyl (C=O) groups excluding carboxylic acids is 2. The first-order valence-electron chi connectivity index (χ1n) is 8.13. The number of carbonyl (C=O) groups is 2. The molecule has 7 heteroatoms. The maximum atomic E-state index is 11.9. The number of urea groups is 1. The lowest BCUT2D eigenvalue weighted by Crippen LogP contribution is -2.50. The summed E-state index contributed by atoms with van der Waals surface area (Å²) < 4.78 is 6.24. The smallest absolute Gasteiger partial charge is 0.333 e. The van der Waals surface area contributed by atoms with Gasteiger partial charge in [-0.3, -0.25) is 10.2 Å². The molecule has 0 aliphatic rings. The number of hydrogen-bond donors (Lipinski definition) is 3. The number of benzene rings is 2. The van der Waals surface area contributed by atoms with Crippen LogP contribution in [0.15, 0.2) is 59.1 Å². The summed E-state index contributed by atoms with van der Waals surface area (Å²) in [6.07, 6.45) is 0. The summed E-state index contributed by atoms with van der Waals surface area (Å²) in [6, 6.07) is 16.5. The molecule has 2 aromatic rings. The van der Waals surface area contributed by atoms with E-state index in [1.807, 2.05) is 56.3 Å². The normalized spacial score (nSPS) is 10.7. The van der Waals surface area contributed by atoms with Crippen molar-refractivity contribution in [2.24, 2.45) is 0 Å². The molecule has 0 heterocycles. The molecule has 6 nitrogen and oxygen atoms in total. The van der Waals surface area contributed by atoms with E-state index < -0.39 is 11.9 Å². The number of rotatable bonds is 6. The van der Waals surface area contributed by atoms with Gasteiger partial charge in [0.1, 0.15) is 5.75 Å². The summed E-state index contributed by atoms with van der Waals surface area (Å²) in [5, 5.41) is 2.75. The predicted octanol–water partition coefficient (Wildman–Crippen LogP) is 3.14. The second-order valence-corrected chi connectivity index (χ2v) is 7.26. The highest BCUT2D eigenvalue weighted by molar-refractivity contribution is 9.10. The Balaban J connectivity index is 1.69. The third-order valence-electron chi connectivity index (χ3n) is 3.75. The van der Waals surface area contributed by atoms with Crippen LogP contribution in [0, 0.1) is 0 Å². The van der Waals surface area contributed by atoms with Crippen molar-refractivity contribution in [2.75, 3.05) is 13.2 Å². The van der Waals surface area contributed by atoms with Gasteiger partial charge in [0, 0.05) is 16.4 Å². The van der Waals surface area contributed by atoms with E-state index in [0.29, 0.717) is 12.3 Å². The van der Waals surface area contributed by atoms with E-state index in [4.69, 9.17) is 4.74 Å². The van der Waals surface area contributed by atoms with E-state index >= 15 is 0 Å². The molecule has 0 fully saturated rings. The summed E-state index contributed by atoms with van der Waals surface area (Å²) in [5.41, 5.74) is 5.51. The third-order valence-corrected chi connectivity index (χ3v) is 4.27. The second-order valence-electron chi connectivity index (χ2n) is 6.35. The second kappa shape index (κ2) is 9.24. The van der Waals surface area contributed by atoms with Crippen molar-refractivity contribution in [1.82, 2.24) is 16.2 Å². The van der Waals surface area contributed by atoms with Crippen molar-refractivity contribution in [3.8, 4) is 5.75 Å². The van der Waals surface area contributed by atoms with E-state index in [1.165, 1.54) is 0 Å². The maximum absolute atomic E-state index is 11.9. The van der Waals surface area contributed by atoms with Gasteiger partial charge in [0.25, 0.3) is 5.91 Å². The van der Waals surface area contributed by atoms with E-state index in [2.05, 4.69) is 32.1 Å². The Bertz CT molecular complexity index is 733. The summed E-state index contributed by atoms with van der Waals surface area (Å²) in [4.78, 5) is 23.6. The molecule has 0 aromatic heterocycles. The van der Waals surface area contributed by atoms with Crippen LogP contribution in [0.2, 0.25) is 0 Å². The molecule has 0 aliphatic heterocycles. The SMILES string of the molecule is CC(C)(CNC(=O)NNC(=O)COc1ccc(Br)cc1)c1ccccc1. The molecule has 0 atom stereocenters. The molecule has 0 spiro atoms. The lowest BCUT2D eigenvalue weighted by Gasteiger charge is -2.25. The van der Waals surface area contributed by atoms with Crippen molar-refractivity contribution >= 4 is 27.9 Å². The van der Waals surface area contributed by atoms with Crippen LogP contribution < -0.4 is 20.9 Å². The van der Waals surface area contributed by atoms with Crippen LogP contribution in [0.4, 0.5) is 4.79 Å².